The van der Waals surface area contributed by atoms with Gasteiger partial charge in [-0.05, 0) is 64.0 Å². The third-order valence-corrected chi connectivity index (χ3v) is 7.59. The van der Waals surface area contributed by atoms with Crippen molar-refractivity contribution in [3.63, 3.8) is 0 Å². The number of anilines is 1. The average molecular weight is 637 g/mol. The Bertz CT molecular complexity index is 1370. The van der Waals surface area contributed by atoms with Gasteiger partial charge in [0.1, 0.15) is 13.2 Å². The summed E-state index contributed by atoms with van der Waals surface area (Å²) in [5.74, 6) is 0.353. The predicted octanol–water partition coefficient (Wildman–Crippen LogP) is 5.13. The van der Waals surface area contributed by atoms with Crippen LogP contribution < -0.4 is 19.2 Å². The summed E-state index contributed by atoms with van der Waals surface area (Å²) >= 11 is 6.78. The number of benzene rings is 3. The molecule has 8 nitrogen and oxygen atoms in total. The minimum Gasteiger partial charge on any atom is -0.493 e. The van der Waals surface area contributed by atoms with Crippen LogP contribution in [0.3, 0.4) is 0 Å². The molecule has 0 bridgehead atoms. The summed E-state index contributed by atoms with van der Waals surface area (Å²) in [5.41, 5.74) is 3.33. The van der Waals surface area contributed by atoms with E-state index in [1.165, 1.54) is 25.5 Å². The highest BCUT2D eigenvalue weighted by Crippen LogP contribution is 2.36. The highest BCUT2D eigenvalue weighted by Gasteiger charge is 2.27. The zero-order chi connectivity index (χ0) is 26.1. The molecule has 0 fully saturated rings. The second kappa shape index (κ2) is 12.7. The molecule has 0 aliphatic carbocycles. The first-order valence-corrected chi connectivity index (χ1v) is 13.6. The number of hydrogen-bond acceptors (Lipinski definition) is 6. The highest BCUT2D eigenvalue weighted by atomic mass is 79.9. The Morgan fingerprint density at radius 3 is 2.53 bits per heavy atom. The van der Waals surface area contributed by atoms with Crippen LogP contribution in [0.4, 0.5) is 5.69 Å². The molecule has 0 saturated carbocycles. The van der Waals surface area contributed by atoms with Gasteiger partial charge in [0.2, 0.25) is 0 Å². The maximum Gasteiger partial charge on any atom is 0.264 e. The fraction of sp³-hybridized carbons (Fsp3) is 0.120. The van der Waals surface area contributed by atoms with Crippen LogP contribution in [0.5, 0.6) is 11.5 Å². The lowest BCUT2D eigenvalue weighted by Crippen LogP contribution is -2.39. The Kier molecular flexibility index (Phi) is 9.68. The molecule has 36 heavy (non-hydrogen) atoms. The number of hydrazone groups is 1. The van der Waals surface area contributed by atoms with Gasteiger partial charge < -0.3 is 9.47 Å². The molecule has 0 aliphatic heterocycles. The number of carbonyl (C=O) groups excluding carboxylic acids is 1. The van der Waals surface area contributed by atoms with Crippen molar-refractivity contribution in [2.45, 2.75) is 4.90 Å². The topological polar surface area (TPSA) is 97.3 Å². The Balaban J connectivity index is 1.80. The Morgan fingerprint density at radius 2 is 1.86 bits per heavy atom. The number of carbonyl (C=O) groups is 1. The molecular formula is C25H23Br2N3O5S. The summed E-state index contributed by atoms with van der Waals surface area (Å²) in [7, 11) is -2.51. The van der Waals surface area contributed by atoms with Gasteiger partial charge in [0.15, 0.2) is 11.5 Å². The van der Waals surface area contributed by atoms with Gasteiger partial charge in [0.25, 0.3) is 15.9 Å². The minimum absolute atomic E-state index is 0.0667. The van der Waals surface area contributed by atoms with Crippen molar-refractivity contribution in [1.29, 1.82) is 0 Å². The number of nitrogens with zero attached hydrogens (tertiary/aromatic N) is 2. The number of rotatable bonds is 11. The zero-order valence-corrected chi connectivity index (χ0v) is 23.2. The van der Waals surface area contributed by atoms with Crippen LogP contribution in [0.15, 0.2) is 98.3 Å². The van der Waals surface area contributed by atoms with E-state index in [1.807, 2.05) is 0 Å². The molecule has 3 rings (SSSR count). The molecule has 3 aromatic rings. The van der Waals surface area contributed by atoms with E-state index >= 15 is 0 Å². The van der Waals surface area contributed by atoms with E-state index in [1.54, 1.807) is 60.7 Å². The standard InChI is InChI=1S/C25H23Br2N3O5S/c1-3-12-35-25-22(27)13-18(14-23(25)34-2)16-28-29-24(31)17-30(20-9-7-8-19(26)15-20)36(32,33)21-10-5-4-6-11-21/h3-11,13-16H,1,12,17H2,2H3,(H,29,31)/b28-16-. The van der Waals surface area contributed by atoms with Crippen LogP contribution in [0.1, 0.15) is 5.56 Å². The number of amides is 1. The summed E-state index contributed by atoms with van der Waals surface area (Å²) in [5, 5.41) is 3.98. The van der Waals surface area contributed by atoms with Gasteiger partial charge in [0.05, 0.1) is 28.4 Å². The molecule has 0 heterocycles. The van der Waals surface area contributed by atoms with Crippen molar-refractivity contribution in [2.75, 3.05) is 24.6 Å². The van der Waals surface area contributed by atoms with E-state index in [4.69, 9.17) is 9.47 Å². The average Bonchev–Trinajstić information content (AvgIpc) is 2.86. The van der Waals surface area contributed by atoms with Crippen molar-refractivity contribution in [3.05, 3.63) is 93.9 Å². The molecule has 0 saturated heterocycles. The van der Waals surface area contributed by atoms with Gasteiger partial charge in [-0.25, -0.2) is 13.8 Å². The van der Waals surface area contributed by atoms with Crippen LogP contribution in [0.25, 0.3) is 0 Å². The summed E-state index contributed by atoms with van der Waals surface area (Å²) in [4.78, 5) is 12.8. The lowest BCUT2D eigenvalue weighted by Gasteiger charge is -2.23. The number of nitrogens with one attached hydrogen (secondary N) is 1. The maximum absolute atomic E-state index is 13.3. The van der Waals surface area contributed by atoms with Crippen molar-refractivity contribution in [1.82, 2.24) is 5.43 Å². The maximum atomic E-state index is 13.3. The minimum atomic E-state index is -4.01. The molecule has 0 atom stereocenters. The van der Waals surface area contributed by atoms with E-state index in [0.29, 0.717) is 38.3 Å². The normalized spacial score (nSPS) is 11.2. The third-order valence-electron chi connectivity index (χ3n) is 4.71. The smallest absolute Gasteiger partial charge is 0.264 e. The Labute approximate surface area is 226 Å². The van der Waals surface area contributed by atoms with Crippen molar-refractivity contribution >= 4 is 59.7 Å². The lowest BCUT2D eigenvalue weighted by molar-refractivity contribution is -0.119. The van der Waals surface area contributed by atoms with E-state index < -0.39 is 22.5 Å². The number of sulfonamides is 1. The molecule has 1 amide bonds. The third kappa shape index (κ3) is 6.96. The second-order valence-corrected chi connectivity index (χ2v) is 10.9. The van der Waals surface area contributed by atoms with Crippen LogP contribution in [-0.4, -0.2) is 40.8 Å². The SMILES string of the molecule is C=CCOc1c(Br)cc(/C=N\NC(=O)CN(c2cccc(Br)c2)S(=O)(=O)c2ccccc2)cc1OC. The lowest BCUT2D eigenvalue weighted by atomic mass is 10.2. The summed E-state index contributed by atoms with van der Waals surface area (Å²) < 4.78 is 40.0. The van der Waals surface area contributed by atoms with Gasteiger partial charge in [-0.15, -0.1) is 0 Å². The number of ether oxygens (including phenoxy) is 2. The Hall–Kier alpha value is -3.15. The largest absolute Gasteiger partial charge is 0.493 e. The van der Waals surface area contributed by atoms with Gasteiger partial charge in [-0.1, -0.05) is 52.9 Å². The summed E-state index contributed by atoms with van der Waals surface area (Å²) in [6.07, 6.45) is 3.03. The van der Waals surface area contributed by atoms with Crippen LogP contribution in [0, 0.1) is 0 Å². The van der Waals surface area contributed by atoms with Crippen LogP contribution in [-0.2, 0) is 14.8 Å². The van der Waals surface area contributed by atoms with E-state index in [0.717, 1.165) is 4.31 Å². The van der Waals surface area contributed by atoms with Crippen molar-refractivity contribution < 1.29 is 22.7 Å². The zero-order valence-electron chi connectivity index (χ0n) is 19.2. The first kappa shape index (κ1) is 27.4. The fourth-order valence-corrected chi connectivity index (χ4v) is 5.50. The number of halogens is 2. The number of hydrogen-bond donors (Lipinski definition) is 1. The van der Waals surface area contributed by atoms with Gasteiger partial charge in [-0.2, -0.15) is 5.10 Å². The Morgan fingerprint density at radius 1 is 1.11 bits per heavy atom. The molecule has 0 spiro atoms. The number of methoxy groups -OCH3 is 1. The van der Waals surface area contributed by atoms with E-state index in [2.05, 4.69) is 49.0 Å². The molecule has 1 N–H and O–H groups in total. The van der Waals surface area contributed by atoms with E-state index in [-0.39, 0.29) is 4.90 Å². The molecule has 0 unspecified atom stereocenters. The molecule has 0 aromatic heterocycles. The van der Waals surface area contributed by atoms with Crippen molar-refractivity contribution in [2.24, 2.45) is 5.10 Å². The highest BCUT2D eigenvalue weighted by molar-refractivity contribution is 9.10. The van der Waals surface area contributed by atoms with Gasteiger partial charge in [-0.3, -0.25) is 9.10 Å². The van der Waals surface area contributed by atoms with Crippen LogP contribution in [0.2, 0.25) is 0 Å². The monoisotopic (exact) mass is 635 g/mol. The van der Waals surface area contributed by atoms with Gasteiger partial charge >= 0.3 is 0 Å². The second-order valence-electron chi connectivity index (χ2n) is 7.23. The molecule has 188 valence electrons. The van der Waals surface area contributed by atoms with E-state index in [9.17, 15) is 13.2 Å². The molecule has 0 radical (unpaired) electrons. The summed E-state index contributed by atoms with van der Waals surface area (Å²) in [6, 6.07) is 18.0. The molecule has 11 heteroatoms. The predicted molar refractivity (Wildman–Crippen MR) is 147 cm³/mol. The molecular weight excluding hydrogens is 614 g/mol. The molecule has 3 aromatic carbocycles. The van der Waals surface area contributed by atoms with Crippen molar-refractivity contribution in [3.8, 4) is 11.5 Å². The first-order chi connectivity index (χ1) is 17.3. The quantitative estimate of drug-likeness (QED) is 0.179. The summed E-state index contributed by atoms with van der Waals surface area (Å²) in [6.45, 7) is 3.45. The van der Waals surface area contributed by atoms with Crippen LogP contribution >= 0.6 is 31.9 Å². The fourth-order valence-electron chi connectivity index (χ4n) is 3.11. The first-order valence-electron chi connectivity index (χ1n) is 10.5. The van der Waals surface area contributed by atoms with Gasteiger partial charge in [0, 0.05) is 4.47 Å². The molecule has 0 aliphatic rings.